The van der Waals surface area contributed by atoms with Crippen molar-refractivity contribution in [2.75, 3.05) is 79.5 Å². The highest BCUT2D eigenvalue weighted by Crippen LogP contribution is 2.24. The smallest absolute Gasteiger partial charge is 0.306 e. The molecule has 2 unspecified atom stereocenters. The van der Waals surface area contributed by atoms with Gasteiger partial charge < -0.3 is 19.6 Å². The number of amides is 2. The summed E-state index contributed by atoms with van der Waals surface area (Å²) in [6.07, 6.45) is 8.24. The monoisotopic (exact) mass is 392 g/mol. The van der Waals surface area contributed by atoms with Gasteiger partial charge in [-0.05, 0) is 39.8 Å². The van der Waals surface area contributed by atoms with E-state index in [1.54, 1.807) is 0 Å². The predicted octanol–water partition coefficient (Wildman–Crippen LogP) is 1.23. The minimum Gasteiger partial charge on any atom is -0.306 e. The van der Waals surface area contributed by atoms with E-state index in [2.05, 4.69) is 43.5 Å². The molecule has 28 heavy (non-hydrogen) atoms. The van der Waals surface area contributed by atoms with E-state index < -0.39 is 0 Å². The van der Waals surface area contributed by atoms with Crippen molar-refractivity contribution in [3.63, 3.8) is 0 Å². The second-order valence-electron chi connectivity index (χ2n) is 9.35. The number of likely N-dealkylation sites (tertiary alicyclic amines) is 2. The van der Waals surface area contributed by atoms with Gasteiger partial charge in [0.15, 0.2) is 0 Å². The minimum atomic E-state index is 0.244. The Bertz CT molecular complexity index is 475. The fourth-order valence-electron chi connectivity index (χ4n) is 5.46. The SMILES string of the molecule is CN1CCN(C(=O)N2CCN(C)CC2N2CCCCC2)C(N2CCCCC2)C1. The molecule has 4 aliphatic heterocycles. The van der Waals surface area contributed by atoms with Crippen LogP contribution in [0.3, 0.4) is 0 Å². The summed E-state index contributed by atoms with van der Waals surface area (Å²) in [7, 11) is 4.40. The van der Waals surface area contributed by atoms with Gasteiger partial charge in [-0.1, -0.05) is 12.8 Å². The summed E-state index contributed by atoms with van der Waals surface area (Å²) in [5, 5.41) is 0. The van der Waals surface area contributed by atoms with Crippen LogP contribution in [0.5, 0.6) is 0 Å². The maximum absolute atomic E-state index is 13.8. The summed E-state index contributed by atoms with van der Waals surface area (Å²) in [6.45, 7) is 10.2. The zero-order valence-electron chi connectivity index (χ0n) is 18.1. The van der Waals surface area contributed by atoms with Gasteiger partial charge in [0.2, 0.25) is 0 Å². The lowest BCUT2D eigenvalue weighted by Gasteiger charge is -2.51. The topological polar surface area (TPSA) is 36.5 Å². The zero-order chi connectivity index (χ0) is 19.5. The molecule has 0 aliphatic carbocycles. The molecule has 0 bridgehead atoms. The molecule has 4 aliphatic rings. The van der Waals surface area contributed by atoms with Crippen LogP contribution < -0.4 is 0 Å². The van der Waals surface area contributed by atoms with Crippen LogP contribution in [0.1, 0.15) is 38.5 Å². The molecule has 0 spiro atoms. The van der Waals surface area contributed by atoms with Crippen LogP contribution in [0, 0.1) is 0 Å². The number of carbonyl (C=O) groups is 1. The number of piperidine rings is 2. The molecule has 7 nitrogen and oxygen atoms in total. The Hall–Kier alpha value is -0.890. The highest BCUT2D eigenvalue weighted by molar-refractivity contribution is 5.75. The Kier molecular flexibility index (Phi) is 6.76. The van der Waals surface area contributed by atoms with Gasteiger partial charge in [0.25, 0.3) is 0 Å². The van der Waals surface area contributed by atoms with Gasteiger partial charge in [0.05, 0.1) is 12.3 Å². The average Bonchev–Trinajstić information content (AvgIpc) is 2.74. The average molecular weight is 393 g/mol. The van der Waals surface area contributed by atoms with Gasteiger partial charge >= 0.3 is 6.03 Å². The number of nitrogens with zero attached hydrogens (tertiary/aromatic N) is 6. The van der Waals surface area contributed by atoms with E-state index in [4.69, 9.17) is 0 Å². The number of hydrogen-bond donors (Lipinski definition) is 0. The minimum absolute atomic E-state index is 0.244. The van der Waals surface area contributed by atoms with Crippen molar-refractivity contribution in [3.8, 4) is 0 Å². The number of rotatable bonds is 2. The first kappa shape index (κ1) is 20.4. The maximum atomic E-state index is 13.8. The van der Waals surface area contributed by atoms with E-state index in [0.29, 0.717) is 0 Å². The maximum Gasteiger partial charge on any atom is 0.322 e. The number of urea groups is 1. The van der Waals surface area contributed by atoms with Crippen molar-refractivity contribution in [2.24, 2.45) is 0 Å². The molecule has 0 saturated carbocycles. The number of carbonyl (C=O) groups excluding carboxylic acids is 1. The van der Waals surface area contributed by atoms with Crippen LogP contribution in [0.4, 0.5) is 4.79 Å². The second kappa shape index (κ2) is 9.28. The van der Waals surface area contributed by atoms with E-state index in [1.165, 1.54) is 38.5 Å². The summed E-state index contributed by atoms with van der Waals surface area (Å²) in [6, 6.07) is 0.285. The van der Waals surface area contributed by atoms with Crippen LogP contribution >= 0.6 is 0 Å². The van der Waals surface area contributed by atoms with Crippen LogP contribution in [0.15, 0.2) is 0 Å². The van der Waals surface area contributed by atoms with Crippen molar-refractivity contribution in [1.29, 1.82) is 0 Å². The number of piperazine rings is 2. The molecule has 0 aromatic rings. The fourth-order valence-corrected chi connectivity index (χ4v) is 5.46. The van der Waals surface area contributed by atoms with Crippen molar-refractivity contribution in [3.05, 3.63) is 0 Å². The third kappa shape index (κ3) is 4.48. The summed E-state index contributed by atoms with van der Waals surface area (Å²) in [5.41, 5.74) is 0. The van der Waals surface area contributed by atoms with Gasteiger partial charge in [-0.3, -0.25) is 9.80 Å². The van der Waals surface area contributed by atoms with Gasteiger partial charge in [-0.25, -0.2) is 4.79 Å². The quantitative estimate of drug-likeness (QED) is 0.706. The van der Waals surface area contributed by atoms with E-state index in [-0.39, 0.29) is 18.4 Å². The largest absolute Gasteiger partial charge is 0.322 e. The molecule has 0 aromatic carbocycles. The van der Waals surface area contributed by atoms with E-state index in [0.717, 1.165) is 65.4 Å². The first-order valence-electron chi connectivity index (χ1n) is 11.6. The molecule has 0 aromatic heterocycles. The highest BCUT2D eigenvalue weighted by atomic mass is 16.2. The highest BCUT2D eigenvalue weighted by Gasteiger charge is 2.40. The van der Waals surface area contributed by atoms with Gasteiger partial charge in [-0.2, -0.15) is 0 Å². The fraction of sp³-hybridized carbons (Fsp3) is 0.952. The molecule has 0 radical (unpaired) electrons. The predicted molar refractivity (Wildman–Crippen MR) is 112 cm³/mol. The van der Waals surface area contributed by atoms with Crippen LogP contribution in [-0.2, 0) is 0 Å². The van der Waals surface area contributed by atoms with Crippen LogP contribution in [0.25, 0.3) is 0 Å². The van der Waals surface area contributed by atoms with E-state index >= 15 is 0 Å². The van der Waals surface area contributed by atoms with E-state index in [9.17, 15) is 4.79 Å². The van der Waals surface area contributed by atoms with Gasteiger partial charge in [-0.15, -0.1) is 0 Å². The molecule has 2 amide bonds. The van der Waals surface area contributed by atoms with Crippen molar-refractivity contribution in [2.45, 2.75) is 50.9 Å². The molecule has 4 fully saturated rings. The second-order valence-corrected chi connectivity index (χ2v) is 9.35. The van der Waals surface area contributed by atoms with Crippen molar-refractivity contribution in [1.82, 2.24) is 29.4 Å². The molecule has 4 saturated heterocycles. The van der Waals surface area contributed by atoms with Crippen LogP contribution in [-0.4, -0.2) is 127 Å². The Morgan fingerprint density at radius 1 is 0.571 bits per heavy atom. The molecule has 4 rings (SSSR count). The first-order valence-corrected chi connectivity index (χ1v) is 11.6. The summed E-state index contributed by atoms with van der Waals surface area (Å²) in [4.78, 5) is 28.2. The third-order valence-corrected chi connectivity index (χ3v) is 7.23. The molecular formula is C21H40N6O. The molecule has 4 heterocycles. The summed E-state index contributed by atoms with van der Waals surface area (Å²) < 4.78 is 0. The van der Waals surface area contributed by atoms with E-state index in [1.807, 2.05) is 0 Å². The standard InChI is InChI=1S/C21H40N6O/c1-22-13-15-26(19(17-22)24-9-5-3-6-10-24)21(28)27-16-14-23(2)18-20(27)25-11-7-4-8-12-25/h19-20H,3-18H2,1-2H3. The Labute approximate surface area is 171 Å². The molecule has 7 heteroatoms. The van der Waals surface area contributed by atoms with Crippen molar-refractivity contribution >= 4 is 6.03 Å². The Morgan fingerprint density at radius 2 is 0.964 bits per heavy atom. The lowest BCUT2D eigenvalue weighted by molar-refractivity contribution is -0.0413. The number of hydrogen-bond acceptors (Lipinski definition) is 5. The lowest BCUT2D eigenvalue weighted by atomic mass is 10.1. The summed E-state index contributed by atoms with van der Waals surface area (Å²) in [5.74, 6) is 0. The lowest BCUT2D eigenvalue weighted by Crippen LogP contribution is -2.68. The zero-order valence-corrected chi connectivity index (χ0v) is 18.1. The van der Waals surface area contributed by atoms with Gasteiger partial charge in [0, 0.05) is 65.4 Å². The molecule has 0 N–H and O–H groups in total. The Morgan fingerprint density at radius 3 is 1.36 bits per heavy atom. The molecule has 2 atom stereocenters. The molecular weight excluding hydrogens is 352 g/mol. The first-order chi connectivity index (χ1) is 13.6. The van der Waals surface area contributed by atoms with Gasteiger partial charge in [0.1, 0.15) is 0 Å². The van der Waals surface area contributed by atoms with Crippen molar-refractivity contribution < 1.29 is 4.79 Å². The normalized spacial score (nSPS) is 32.6. The third-order valence-electron chi connectivity index (χ3n) is 7.23. The van der Waals surface area contributed by atoms with Crippen LogP contribution in [0.2, 0.25) is 0 Å². The summed E-state index contributed by atoms with van der Waals surface area (Å²) >= 11 is 0. The number of likely N-dealkylation sites (N-methyl/N-ethyl adjacent to an activating group) is 2. The Balaban J connectivity index is 1.50. The molecule has 160 valence electrons.